The Labute approximate surface area is 565 Å². The van der Waals surface area contributed by atoms with Gasteiger partial charge >= 0.3 is 19.8 Å². The van der Waals surface area contributed by atoms with Crippen LogP contribution in [-0.4, -0.2) is 74.9 Å². The number of hydrogen-bond acceptors (Lipinski definition) is 7. The monoisotopic (exact) mass is 1290 g/mol. The molecule has 0 aromatic carbocycles. The van der Waals surface area contributed by atoms with Gasteiger partial charge in [-0.3, -0.25) is 18.6 Å². The summed E-state index contributed by atoms with van der Waals surface area (Å²) in [6.07, 6.45) is 109. The van der Waals surface area contributed by atoms with Crippen LogP contribution in [0.1, 0.15) is 271 Å². The van der Waals surface area contributed by atoms with Crippen LogP contribution in [0.4, 0.5) is 0 Å². The molecule has 0 aliphatic carbocycles. The maximum atomic E-state index is 12.9. The summed E-state index contributed by atoms with van der Waals surface area (Å²) in [5.74, 6) is -0.826. The number of allylic oxidation sites excluding steroid dienone is 30. The minimum Gasteiger partial charge on any atom is -0.462 e. The van der Waals surface area contributed by atoms with E-state index in [1.165, 1.54) is 83.5 Å². The fourth-order valence-corrected chi connectivity index (χ4v) is 10.2. The molecule has 0 bridgehead atoms. The molecule has 0 fully saturated rings. The molecule has 0 aliphatic rings. The van der Waals surface area contributed by atoms with Crippen molar-refractivity contribution in [1.82, 2.24) is 0 Å². The highest BCUT2D eigenvalue weighted by Gasteiger charge is 2.27. The van der Waals surface area contributed by atoms with Crippen molar-refractivity contribution in [1.29, 1.82) is 0 Å². The Hall–Kier alpha value is -4.89. The van der Waals surface area contributed by atoms with Gasteiger partial charge in [-0.2, -0.15) is 0 Å². The van der Waals surface area contributed by atoms with Gasteiger partial charge in [0.15, 0.2) is 6.10 Å². The van der Waals surface area contributed by atoms with Crippen molar-refractivity contribution in [3.05, 3.63) is 182 Å². The number of phosphoric acid groups is 1. The Morgan fingerprint density at radius 1 is 0.337 bits per heavy atom. The lowest BCUT2D eigenvalue weighted by Crippen LogP contribution is -2.37. The number of hydrogen-bond donors (Lipinski definition) is 1. The van der Waals surface area contributed by atoms with E-state index in [0.29, 0.717) is 23.9 Å². The van der Waals surface area contributed by atoms with Crippen molar-refractivity contribution in [2.75, 3.05) is 47.5 Å². The van der Waals surface area contributed by atoms with Gasteiger partial charge in [0.2, 0.25) is 0 Å². The molecule has 0 saturated heterocycles. The van der Waals surface area contributed by atoms with Gasteiger partial charge in [-0.1, -0.05) is 305 Å². The number of rotatable bonds is 65. The van der Waals surface area contributed by atoms with E-state index >= 15 is 0 Å². The average Bonchev–Trinajstić information content (AvgIpc) is 2.23. The first-order valence-corrected chi connectivity index (χ1v) is 38.0. The van der Waals surface area contributed by atoms with E-state index in [1.54, 1.807) is 0 Å². The standard InChI is InChI=1S/C82H134NO8P/c1-6-8-10-12-14-16-18-20-22-24-26-28-30-32-34-35-36-37-38-39-40-41-42-43-44-45-46-47-49-51-53-55-57-59-61-63-65-67-69-71-73-75-82(85)91-80(79-90-92(86,87)89-77-76-83(3,4)5)78-88-81(84)74-72-70-68-66-64-62-60-58-56-54-52-50-48-33-31-29-27-25-23-21-19-17-15-13-11-9-7-2/h8-11,14-17,20-23,26-29,32-34,36-37,39-40,42-43,48,52,54,58,60,80H,6-7,12-13,18-19,24-25,30-31,35,38,41,44-47,49-51,53,55-57,59,61-79H2,1-5H3/p+1/b10-8-,11-9-,16-14-,17-15-,22-20-,23-21-,28-26-,29-27-,34-32-,37-36-,40-39-,43-42-,48-33-,54-52-,60-58-. The number of carbonyl (C=O) groups excluding carboxylic acids is 2. The van der Waals surface area contributed by atoms with Crippen molar-refractivity contribution < 1.29 is 42.1 Å². The highest BCUT2D eigenvalue weighted by molar-refractivity contribution is 7.47. The van der Waals surface area contributed by atoms with Gasteiger partial charge in [-0.25, -0.2) is 4.57 Å². The number of quaternary nitrogens is 1. The van der Waals surface area contributed by atoms with Gasteiger partial charge < -0.3 is 18.9 Å². The van der Waals surface area contributed by atoms with E-state index in [9.17, 15) is 19.0 Å². The summed E-state index contributed by atoms with van der Waals surface area (Å²) in [5.41, 5.74) is 0. The molecule has 520 valence electrons. The summed E-state index contributed by atoms with van der Waals surface area (Å²) in [6.45, 7) is 4.17. The molecule has 10 heteroatoms. The third kappa shape index (κ3) is 74.2. The smallest absolute Gasteiger partial charge is 0.462 e. The number of phosphoric ester groups is 1. The third-order valence-electron chi connectivity index (χ3n) is 14.9. The number of nitrogens with zero attached hydrogens (tertiary/aromatic N) is 1. The Morgan fingerprint density at radius 2 is 0.587 bits per heavy atom. The predicted octanol–water partition coefficient (Wildman–Crippen LogP) is 24.3. The highest BCUT2D eigenvalue weighted by Crippen LogP contribution is 2.43. The molecule has 0 saturated carbocycles. The fraction of sp³-hybridized carbons (Fsp3) is 0.610. The van der Waals surface area contributed by atoms with E-state index in [-0.39, 0.29) is 32.0 Å². The largest absolute Gasteiger partial charge is 0.472 e. The van der Waals surface area contributed by atoms with Gasteiger partial charge in [0.25, 0.3) is 0 Å². The number of carbonyl (C=O) groups is 2. The molecule has 0 radical (unpaired) electrons. The summed E-state index contributed by atoms with van der Waals surface area (Å²) < 4.78 is 34.7. The lowest BCUT2D eigenvalue weighted by molar-refractivity contribution is -0.870. The second-order valence-electron chi connectivity index (χ2n) is 24.9. The second kappa shape index (κ2) is 70.4. The zero-order valence-electron chi connectivity index (χ0n) is 59.2. The van der Waals surface area contributed by atoms with Crippen LogP contribution in [-0.2, 0) is 32.7 Å². The van der Waals surface area contributed by atoms with Crippen LogP contribution >= 0.6 is 7.82 Å². The minimum absolute atomic E-state index is 0.0199. The van der Waals surface area contributed by atoms with E-state index in [0.717, 1.165) is 148 Å². The second-order valence-corrected chi connectivity index (χ2v) is 26.3. The minimum atomic E-state index is -4.41. The van der Waals surface area contributed by atoms with Gasteiger partial charge in [-0.15, -0.1) is 0 Å². The molecule has 0 spiro atoms. The fourth-order valence-electron chi connectivity index (χ4n) is 9.42. The van der Waals surface area contributed by atoms with Crippen LogP contribution in [0.25, 0.3) is 0 Å². The third-order valence-corrected chi connectivity index (χ3v) is 15.9. The summed E-state index contributed by atoms with van der Waals surface area (Å²) in [6, 6.07) is 0. The number of likely N-dealkylation sites (N-methyl/N-ethyl adjacent to an activating group) is 1. The quantitative estimate of drug-likeness (QED) is 0.0211. The van der Waals surface area contributed by atoms with Crippen LogP contribution in [0.2, 0.25) is 0 Å². The Bertz CT molecular complexity index is 2210. The van der Waals surface area contributed by atoms with E-state index < -0.39 is 26.5 Å². The van der Waals surface area contributed by atoms with Crippen molar-refractivity contribution in [2.24, 2.45) is 0 Å². The Morgan fingerprint density at radius 3 is 0.870 bits per heavy atom. The number of esters is 2. The Kier molecular flexibility index (Phi) is 66.7. The molecule has 0 amide bonds. The Balaban J connectivity index is 4.08. The van der Waals surface area contributed by atoms with Gasteiger partial charge in [-0.05, 0) is 135 Å². The van der Waals surface area contributed by atoms with Gasteiger partial charge in [0, 0.05) is 12.8 Å². The van der Waals surface area contributed by atoms with E-state index in [1.807, 2.05) is 21.1 Å². The van der Waals surface area contributed by atoms with E-state index in [2.05, 4.69) is 196 Å². The maximum Gasteiger partial charge on any atom is 0.472 e. The lowest BCUT2D eigenvalue weighted by atomic mass is 10.0. The molecular formula is C82H135NO8P+. The van der Waals surface area contributed by atoms with Crippen molar-refractivity contribution >= 4 is 19.8 Å². The lowest BCUT2D eigenvalue weighted by Gasteiger charge is -2.24. The maximum absolute atomic E-state index is 12.9. The topological polar surface area (TPSA) is 108 Å². The van der Waals surface area contributed by atoms with Crippen LogP contribution < -0.4 is 0 Å². The zero-order valence-corrected chi connectivity index (χ0v) is 60.1. The van der Waals surface area contributed by atoms with Crippen LogP contribution in [0.3, 0.4) is 0 Å². The summed E-state index contributed by atoms with van der Waals surface area (Å²) in [4.78, 5) is 35.9. The van der Waals surface area contributed by atoms with Crippen LogP contribution in [0.5, 0.6) is 0 Å². The SMILES string of the molecule is CC/C=C\C/C=C\C/C=C\C/C=C\C/C=C\C/C=C\C/C=C\C/C=C\CCCCCCCCCCCCCCCCCCC(=O)OC(COC(=O)CCCCCCC/C=C\C/C=C\C/C=C\C/C=C\C/C=C\C/C=C\C/C=C\CC)COP(=O)(O)OCC[N+](C)(C)C. The zero-order chi connectivity index (χ0) is 66.9. The number of unbranched alkanes of at least 4 members (excludes halogenated alkanes) is 21. The van der Waals surface area contributed by atoms with E-state index in [4.69, 9.17) is 18.5 Å². The first-order valence-electron chi connectivity index (χ1n) is 36.5. The van der Waals surface area contributed by atoms with Crippen molar-refractivity contribution in [3.8, 4) is 0 Å². The molecule has 0 aromatic rings. The molecule has 0 aliphatic heterocycles. The predicted molar refractivity (Wildman–Crippen MR) is 399 cm³/mol. The van der Waals surface area contributed by atoms with Crippen molar-refractivity contribution in [3.63, 3.8) is 0 Å². The molecule has 2 unspecified atom stereocenters. The molecule has 92 heavy (non-hydrogen) atoms. The molecular weight excluding hydrogens is 1160 g/mol. The van der Waals surface area contributed by atoms with Crippen LogP contribution in [0.15, 0.2) is 182 Å². The van der Waals surface area contributed by atoms with Crippen LogP contribution in [0, 0.1) is 0 Å². The van der Waals surface area contributed by atoms with Gasteiger partial charge in [0.1, 0.15) is 19.8 Å². The molecule has 2 atom stereocenters. The first kappa shape index (κ1) is 87.1. The van der Waals surface area contributed by atoms with Gasteiger partial charge in [0.05, 0.1) is 27.7 Å². The summed E-state index contributed by atoms with van der Waals surface area (Å²) in [5, 5.41) is 0. The highest BCUT2D eigenvalue weighted by atomic mass is 31.2. The summed E-state index contributed by atoms with van der Waals surface area (Å²) >= 11 is 0. The first-order chi connectivity index (χ1) is 45.0. The molecule has 1 N–H and O–H groups in total. The molecule has 9 nitrogen and oxygen atoms in total. The molecule has 0 rings (SSSR count). The molecule has 0 aromatic heterocycles. The summed E-state index contributed by atoms with van der Waals surface area (Å²) in [7, 11) is 1.45. The van der Waals surface area contributed by atoms with Crippen molar-refractivity contribution in [2.45, 2.75) is 277 Å². The average molecular weight is 1290 g/mol. The normalized spacial score (nSPS) is 14.2. The number of ether oxygens (including phenoxy) is 2. The molecule has 0 heterocycles.